The Labute approximate surface area is 195 Å². The Bertz CT molecular complexity index is 1050. The molecule has 0 bridgehead atoms. The lowest BCUT2D eigenvalue weighted by Crippen LogP contribution is -2.41. The highest BCUT2D eigenvalue weighted by atomic mass is 35.5. The van der Waals surface area contributed by atoms with Crippen LogP contribution in [0, 0.1) is 0 Å². The second-order valence-corrected chi connectivity index (χ2v) is 9.17. The lowest BCUT2D eigenvalue weighted by atomic mass is 10.00. The van der Waals surface area contributed by atoms with Crippen LogP contribution in [0.4, 0.5) is 0 Å². The van der Waals surface area contributed by atoms with Crippen molar-refractivity contribution in [3.63, 3.8) is 0 Å². The molecule has 2 heterocycles. The number of amides is 1. The van der Waals surface area contributed by atoms with Gasteiger partial charge in [-0.15, -0.1) is 0 Å². The number of carbonyl (C=O) groups excluding carboxylic acids is 1. The molecule has 1 fully saturated rings. The summed E-state index contributed by atoms with van der Waals surface area (Å²) in [6.45, 7) is 7.11. The summed E-state index contributed by atoms with van der Waals surface area (Å²) in [5.41, 5.74) is 2.77. The average Bonchev–Trinajstić information content (AvgIpc) is 3.20. The van der Waals surface area contributed by atoms with Gasteiger partial charge in [0, 0.05) is 35.1 Å². The molecule has 1 amide bonds. The van der Waals surface area contributed by atoms with Crippen molar-refractivity contribution in [2.24, 2.45) is 0 Å². The van der Waals surface area contributed by atoms with Gasteiger partial charge in [0.05, 0.1) is 5.52 Å². The number of hydrogen-bond acceptors (Lipinski definition) is 3. The number of piperidine rings is 1. The van der Waals surface area contributed by atoms with Gasteiger partial charge in [-0.3, -0.25) is 9.48 Å². The monoisotopic (exact) mass is 452 g/mol. The van der Waals surface area contributed by atoms with Gasteiger partial charge >= 0.3 is 0 Å². The van der Waals surface area contributed by atoms with Gasteiger partial charge in [-0.25, -0.2) is 0 Å². The Hall–Kier alpha value is -2.37. The molecule has 5 nitrogen and oxygen atoms in total. The summed E-state index contributed by atoms with van der Waals surface area (Å²) < 4.78 is 1.82. The molecule has 4 rings (SSSR count). The van der Waals surface area contributed by atoms with Crippen molar-refractivity contribution in [2.45, 2.75) is 58.0 Å². The van der Waals surface area contributed by atoms with Gasteiger partial charge in [-0.05, 0) is 57.4 Å². The lowest BCUT2D eigenvalue weighted by Gasteiger charge is -2.35. The molecule has 0 spiro atoms. The molecule has 0 saturated carbocycles. The predicted octanol–water partition coefficient (Wildman–Crippen LogP) is 5.69. The molecular weight excluding hydrogens is 420 g/mol. The molecule has 1 aromatic heterocycles. The molecule has 32 heavy (non-hydrogen) atoms. The summed E-state index contributed by atoms with van der Waals surface area (Å²) in [5, 5.41) is 9.58. The number of halogens is 1. The van der Waals surface area contributed by atoms with Crippen LogP contribution in [0.3, 0.4) is 0 Å². The van der Waals surface area contributed by atoms with E-state index in [2.05, 4.69) is 17.1 Å². The molecule has 0 radical (unpaired) electrons. The SMILES string of the molecule is CC[C@@H]1CCCCN1CCCNC(=O)[C@@H](C)n1nc(-c2ccccc2)c2cc(Cl)ccc21. The molecule has 0 aliphatic carbocycles. The van der Waals surface area contributed by atoms with Crippen molar-refractivity contribution in [3.8, 4) is 11.3 Å². The topological polar surface area (TPSA) is 50.2 Å². The molecule has 1 aliphatic rings. The Balaban J connectivity index is 1.44. The van der Waals surface area contributed by atoms with Crippen LogP contribution in [0.15, 0.2) is 48.5 Å². The average molecular weight is 453 g/mol. The highest BCUT2D eigenvalue weighted by molar-refractivity contribution is 6.31. The molecule has 170 valence electrons. The van der Waals surface area contributed by atoms with E-state index in [1.165, 1.54) is 32.2 Å². The smallest absolute Gasteiger partial charge is 0.244 e. The van der Waals surface area contributed by atoms with Crippen LogP contribution in [0.25, 0.3) is 22.2 Å². The summed E-state index contributed by atoms with van der Waals surface area (Å²) in [5.74, 6) is -0.00496. The molecule has 3 aromatic rings. The molecular formula is C26H33ClN4O. The zero-order valence-corrected chi connectivity index (χ0v) is 19.8. The Morgan fingerprint density at radius 1 is 1.22 bits per heavy atom. The second-order valence-electron chi connectivity index (χ2n) is 8.74. The molecule has 6 heteroatoms. The third-order valence-electron chi connectivity index (χ3n) is 6.60. The predicted molar refractivity (Wildman–Crippen MR) is 132 cm³/mol. The van der Waals surface area contributed by atoms with E-state index in [0.717, 1.165) is 35.1 Å². The van der Waals surface area contributed by atoms with E-state index in [1.807, 2.05) is 60.1 Å². The summed E-state index contributed by atoms with van der Waals surface area (Å²) in [4.78, 5) is 15.6. The highest BCUT2D eigenvalue weighted by Crippen LogP contribution is 2.31. The van der Waals surface area contributed by atoms with E-state index < -0.39 is 6.04 Å². The third kappa shape index (κ3) is 5.00. The standard InChI is InChI=1S/C26H33ClN4O/c1-3-22-12-7-8-16-30(22)17-9-15-28-26(32)19(2)31-24-14-13-21(27)18-23(24)25(29-31)20-10-5-4-6-11-20/h4-6,10-11,13-14,18-19,22H,3,7-9,12,15-17H2,1-2H3,(H,28,32)/t19-,22-/m1/s1. The van der Waals surface area contributed by atoms with E-state index in [0.29, 0.717) is 17.6 Å². The van der Waals surface area contributed by atoms with Crippen LogP contribution >= 0.6 is 11.6 Å². The number of carbonyl (C=O) groups is 1. The van der Waals surface area contributed by atoms with Gasteiger partial charge in [-0.2, -0.15) is 5.10 Å². The molecule has 1 N–H and O–H groups in total. The quantitative estimate of drug-likeness (QED) is 0.447. The van der Waals surface area contributed by atoms with E-state index in [1.54, 1.807) is 0 Å². The van der Waals surface area contributed by atoms with Crippen LogP contribution in [0.5, 0.6) is 0 Å². The normalized spacial score (nSPS) is 18.0. The first kappa shape index (κ1) is 22.8. The van der Waals surface area contributed by atoms with Gasteiger partial charge in [0.25, 0.3) is 0 Å². The summed E-state index contributed by atoms with van der Waals surface area (Å²) >= 11 is 6.28. The molecule has 1 aliphatic heterocycles. The maximum atomic E-state index is 13.0. The van der Waals surface area contributed by atoms with E-state index in [-0.39, 0.29) is 5.91 Å². The number of fused-ring (bicyclic) bond motifs is 1. The minimum absolute atomic E-state index is 0.00496. The number of aromatic nitrogens is 2. The summed E-state index contributed by atoms with van der Waals surface area (Å²) in [6.07, 6.45) is 6.13. The number of hydrogen-bond donors (Lipinski definition) is 1. The molecule has 2 aromatic carbocycles. The molecule has 0 unspecified atom stereocenters. The fourth-order valence-corrected chi connectivity index (χ4v) is 4.96. The number of benzene rings is 2. The first-order chi connectivity index (χ1) is 15.6. The first-order valence-electron chi connectivity index (χ1n) is 11.8. The van der Waals surface area contributed by atoms with Crippen LogP contribution in [-0.4, -0.2) is 46.3 Å². The third-order valence-corrected chi connectivity index (χ3v) is 6.84. The largest absolute Gasteiger partial charge is 0.354 e. The van der Waals surface area contributed by atoms with Crippen molar-refractivity contribution in [3.05, 3.63) is 53.6 Å². The van der Waals surface area contributed by atoms with E-state index in [4.69, 9.17) is 16.7 Å². The van der Waals surface area contributed by atoms with Gasteiger partial charge in [-0.1, -0.05) is 55.3 Å². The number of nitrogens with one attached hydrogen (secondary N) is 1. The van der Waals surface area contributed by atoms with Crippen LogP contribution < -0.4 is 5.32 Å². The van der Waals surface area contributed by atoms with Gasteiger partial charge in [0.1, 0.15) is 11.7 Å². The van der Waals surface area contributed by atoms with E-state index in [9.17, 15) is 4.79 Å². The van der Waals surface area contributed by atoms with Crippen molar-refractivity contribution < 1.29 is 4.79 Å². The fraction of sp³-hybridized carbons (Fsp3) is 0.462. The van der Waals surface area contributed by atoms with Gasteiger partial charge in [0.2, 0.25) is 5.91 Å². The fourth-order valence-electron chi connectivity index (χ4n) is 4.79. The lowest BCUT2D eigenvalue weighted by molar-refractivity contribution is -0.124. The first-order valence-corrected chi connectivity index (χ1v) is 12.2. The van der Waals surface area contributed by atoms with Crippen molar-refractivity contribution in [1.29, 1.82) is 0 Å². The Morgan fingerprint density at radius 3 is 2.81 bits per heavy atom. The Kier molecular flexibility index (Phi) is 7.48. The Morgan fingerprint density at radius 2 is 2.03 bits per heavy atom. The minimum atomic E-state index is -0.408. The van der Waals surface area contributed by atoms with Crippen molar-refractivity contribution in [2.75, 3.05) is 19.6 Å². The maximum absolute atomic E-state index is 13.0. The summed E-state index contributed by atoms with van der Waals surface area (Å²) in [7, 11) is 0. The van der Waals surface area contributed by atoms with Crippen molar-refractivity contribution >= 4 is 28.4 Å². The van der Waals surface area contributed by atoms with Crippen molar-refractivity contribution in [1.82, 2.24) is 20.0 Å². The number of nitrogens with zero attached hydrogens (tertiary/aromatic N) is 3. The number of likely N-dealkylation sites (tertiary alicyclic amines) is 1. The van der Waals surface area contributed by atoms with Crippen LogP contribution in [-0.2, 0) is 4.79 Å². The molecule has 2 atom stereocenters. The second kappa shape index (κ2) is 10.5. The zero-order valence-electron chi connectivity index (χ0n) is 19.1. The number of rotatable bonds is 8. The van der Waals surface area contributed by atoms with E-state index >= 15 is 0 Å². The van der Waals surface area contributed by atoms with Gasteiger partial charge in [0.15, 0.2) is 0 Å². The van der Waals surface area contributed by atoms with Gasteiger partial charge < -0.3 is 10.2 Å². The molecule has 1 saturated heterocycles. The minimum Gasteiger partial charge on any atom is -0.354 e. The van der Waals surface area contributed by atoms with Crippen LogP contribution in [0.2, 0.25) is 5.02 Å². The van der Waals surface area contributed by atoms with Crippen LogP contribution in [0.1, 0.15) is 52.0 Å². The zero-order chi connectivity index (χ0) is 22.5. The summed E-state index contributed by atoms with van der Waals surface area (Å²) in [6, 6.07) is 16.1. The highest BCUT2D eigenvalue weighted by Gasteiger charge is 2.22. The maximum Gasteiger partial charge on any atom is 0.244 e.